The zero-order chi connectivity index (χ0) is 10.9. The van der Waals surface area contributed by atoms with Crippen molar-refractivity contribution in [2.75, 3.05) is 19.0 Å². The third kappa shape index (κ3) is 1.81. The molecule has 0 saturated carbocycles. The number of carbonyl (C=O) groups is 1. The van der Waals surface area contributed by atoms with E-state index >= 15 is 0 Å². The van der Waals surface area contributed by atoms with Crippen LogP contribution in [0.2, 0.25) is 0 Å². The summed E-state index contributed by atoms with van der Waals surface area (Å²) in [4.78, 5) is 11.9. The number of hydrogen-bond donors (Lipinski definition) is 1. The second-order valence-electron chi connectivity index (χ2n) is 3.05. The molecular weight excluding hydrogens is 190 g/mol. The van der Waals surface area contributed by atoms with Crippen molar-refractivity contribution in [3.05, 3.63) is 29.3 Å². The molecule has 0 saturated heterocycles. The van der Waals surface area contributed by atoms with Crippen molar-refractivity contribution >= 4 is 11.6 Å². The van der Waals surface area contributed by atoms with Crippen LogP contribution in [0.3, 0.4) is 0 Å². The minimum atomic E-state index is -0.854. The molecule has 0 radical (unpaired) electrons. The van der Waals surface area contributed by atoms with E-state index in [2.05, 4.69) is 0 Å². The van der Waals surface area contributed by atoms with Gasteiger partial charge in [-0.15, -0.1) is 0 Å². The molecule has 0 fully saturated rings. The van der Waals surface area contributed by atoms with Gasteiger partial charge in [-0.2, -0.15) is 0 Å². The Morgan fingerprint density at radius 1 is 1.29 bits per heavy atom. The molecule has 0 aromatic heterocycles. The van der Waals surface area contributed by atoms with Crippen LogP contribution in [0.15, 0.2) is 12.1 Å². The molecule has 0 aliphatic heterocycles. The summed E-state index contributed by atoms with van der Waals surface area (Å²) in [5, 5.41) is 0. The highest BCUT2D eigenvalue weighted by atomic mass is 19.1. The Morgan fingerprint density at radius 3 is 2.00 bits per heavy atom. The average Bonchev–Trinajstić information content (AvgIpc) is 2.01. The monoisotopic (exact) mass is 200 g/mol. The van der Waals surface area contributed by atoms with E-state index in [0.29, 0.717) is 0 Å². The number of carbonyl (C=O) groups excluding carboxylic acids is 1. The van der Waals surface area contributed by atoms with E-state index < -0.39 is 17.5 Å². The molecule has 0 spiro atoms. The Morgan fingerprint density at radius 2 is 1.71 bits per heavy atom. The van der Waals surface area contributed by atoms with Crippen LogP contribution < -0.4 is 10.6 Å². The number of halogens is 2. The summed E-state index contributed by atoms with van der Waals surface area (Å²) < 4.78 is 26.5. The highest BCUT2D eigenvalue weighted by molar-refractivity contribution is 5.93. The number of anilines is 1. The highest BCUT2D eigenvalue weighted by Crippen LogP contribution is 2.22. The molecule has 0 bridgehead atoms. The first kappa shape index (κ1) is 10.4. The quantitative estimate of drug-likeness (QED) is 0.777. The molecule has 0 heterocycles. The minimum absolute atomic E-state index is 0.175. The van der Waals surface area contributed by atoms with Crippen molar-refractivity contribution in [3.8, 4) is 0 Å². The van der Waals surface area contributed by atoms with Crippen molar-refractivity contribution in [2.24, 2.45) is 5.73 Å². The number of nitrogens with two attached hydrogens (primary N) is 1. The lowest BCUT2D eigenvalue weighted by atomic mass is 10.1. The molecular formula is C9H10F2N2O. The van der Waals surface area contributed by atoms with Crippen LogP contribution in [-0.4, -0.2) is 20.0 Å². The fraction of sp³-hybridized carbons (Fsp3) is 0.222. The first-order chi connectivity index (χ1) is 6.43. The van der Waals surface area contributed by atoms with Crippen LogP contribution in [0.4, 0.5) is 14.5 Å². The van der Waals surface area contributed by atoms with Crippen LogP contribution in [0.1, 0.15) is 10.4 Å². The second kappa shape index (κ2) is 3.61. The fourth-order valence-electron chi connectivity index (χ4n) is 1.14. The van der Waals surface area contributed by atoms with Gasteiger partial charge in [0.1, 0.15) is 17.3 Å². The van der Waals surface area contributed by atoms with Crippen LogP contribution >= 0.6 is 0 Å². The molecule has 0 aliphatic carbocycles. The average molecular weight is 200 g/mol. The Hall–Kier alpha value is -1.65. The van der Waals surface area contributed by atoms with E-state index in [1.54, 1.807) is 0 Å². The second-order valence-corrected chi connectivity index (χ2v) is 3.05. The smallest absolute Gasteiger partial charge is 0.248 e. The van der Waals surface area contributed by atoms with Gasteiger partial charge in [0.05, 0.1) is 0 Å². The Balaban J connectivity index is 3.32. The van der Waals surface area contributed by atoms with Gasteiger partial charge in [-0.1, -0.05) is 0 Å². The normalized spacial score (nSPS) is 10.0. The topological polar surface area (TPSA) is 46.3 Å². The summed E-state index contributed by atoms with van der Waals surface area (Å²) in [6, 6.07) is 1.83. The first-order valence-electron chi connectivity index (χ1n) is 3.89. The predicted octanol–water partition coefficient (Wildman–Crippen LogP) is 1.13. The van der Waals surface area contributed by atoms with E-state index in [1.807, 2.05) is 0 Å². The lowest BCUT2D eigenvalue weighted by molar-refractivity contribution is 0.0999. The number of benzene rings is 1. The van der Waals surface area contributed by atoms with E-state index in [0.717, 1.165) is 12.1 Å². The van der Waals surface area contributed by atoms with Gasteiger partial charge in [0.15, 0.2) is 0 Å². The summed E-state index contributed by atoms with van der Waals surface area (Å²) in [6.45, 7) is 0. The molecule has 2 N–H and O–H groups in total. The lowest BCUT2D eigenvalue weighted by Crippen LogP contribution is -2.16. The van der Waals surface area contributed by atoms with Gasteiger partial charge in [0, 0.05) is 19.7 Å². The molecule has 3 nitrogen and oxygen atoms in total. The largest absolute Gasteiger partial charge is 0.373 e. The lowest BCUT2D eigenvalue weighted by Gasteiger charge is -2.14. The van der Waals surface area contributed by atoms with Gasteiger partial charge in [0.2, 0.25) is 5.91 Å². The van der Waals surface area contributed by atoms with Gasteiger partial charge in [0.25, 0.3) is 0 Å². The van der Waals surface area contributed by atoms with E-state index in [-0.39, 0.29) is 11.3 Å². The van der Waals surface area contributed by atoms with Crippen molar-refractivity contribution in [3.63, 3.8) is 0 Å². The summed E-state index contributed by atoms with van der Waals surface area (Å²) in [6.07, 6.45) is 0. The summed E-state index contributed by atoms with van der Waals surface area (Å²) in [5.74, 6) is -2.46. The molecule has 1 amide bonds. The number of primary amides is 1. The Kier molecular flexibility index (Phi) is 2.69. The maximum atomic E-state index is 13.2. The minimum Gasteiger partial charge on any atom is -0.373 e. The maximum Gasteiger partial charge on any atom is 0.248 e. The molecule has 5 heteroatoms. The van der Waals surface area contributed by atoms with Crippen molar-refractivity contribution in [1.29, 1.82) is 0 Å². The van der Waals surface area contributed by atoms with E-state index in [9.17, 15) is 13.6 Å². The maximum absolute atomic E-state index is 13.2. The Labute approximate surface area is 80.1 Å². The summed E-state index contributed by atoms with van der Waals surface area (Å²) in [7, 11) is 3.01. The van der Waals surface area contributed by atoms with E-state index in [1.165, 1.54) is 19.0 Å². The summed E-state index contributed by atoms with van der Waals surface area (Å²) >= 11 is 0. The van der Waals surface area contributed by atoms with Crippen molar-refractivity contribution in [1.82, 2.24) is 0 Å². The number of amides is 1. The Bertz CT molecular complexity index is 354. The van der Waals surface area contributed by atoms with Gasteiger partial charge in [-0.05, 0) is 12.1 Å². The van der Waals surface area contributed by atoms with Crippen LogP contribution in [0, 0.1) is 11.6 Å². The molecule has 1 rings (SSSR count). The molecule has 14 heavy (non-hydrogen) atoms. The van der Waals surface area contributed by atoms with Crippen molar-refractivity contribution < 1.29 is 13.6 Å². The molecule has 0 aliphatic rings. The van der Waals surface area contributed by atoms with Gasteiger partial charge in [-0.25, -0.2) is 8.78 Å². The summed E-state index contributed by atoms with van der Waals surface area (Å²) in [5.41, 5.74) is 4.53. The standard InChI is InChI=1S/C9H10F2N2O/c1-13(2)8-6(10)3-5(9(12)14)4-7(8)11/h3-4H,1-2H3,(H2,12,14). The van der Waals surface area contributed by atoms with Crippen LogP contribution in [0.25, 0.3) is 0 Å². The number of nitrogens with zero attached hydrogens (tertiary/aromatic N) is 1. The number of hydrogen-bond acceptors (Lipinski definition) is 2. The van der Waals surface area contributed by atoms with Gasteiger partial charge < -0.3 is 10.6 Å². The molecule has 76 valence electrons. The zero-order valence-electron chi connectivity index (χ0n) is 7.84. The van der Waals surface area contributed by atoms with E-state index in [4.69, 9.17) is 5.73 Å². The third-order valence-corrected chi connectivity index (χ3v) is 1.75. The first-order valence-corrected chi connectivity index (χ1v) is 3.89. The molecule has 0 unspecified atom stereocenters. The molecule has 0 atom stereocenters. The van der Waals surface area contributed by atoms with Gasteiger partial charge >= 0.3 is 0 Å². The predicted molar refractivity (Wildman–Crippen MR) is 49.2 cm³/mol. The van der Waals surface area contributed by atoms with Crippen LogP contribution in [0.5, 0.6) is 0 Å². The third-order valence-electron chi connectivity index (χ3n) is 1.75. The fourth-order valence-corrected chi connectivity index (χ4v) is 1.14. The molecule has 1 aromatic rings. The zero-order valence-corrected chi connectivity index (χ0v) is 7.84. The highest BCUT2D eigenvalue weighted by Gasteiger charge is 2.14. The SMILES string of the molecule is CN(C)c1c(F)cc(C(N)=O)cc1F. The molecule has 1 aromatic carbocycles. The number of rotatable bonds is 2. The van der Waals surface area contributed by atoms with Gasteiger partial charge in [-0.3, -0.25) is 4.79 Å². The van der Waals surface area contributed by atoms with Crippen molar-refractivity contribution in [2.45, 2.75) is 0 Å². The van der Waals surface area contributed by atoms with Crippen LogP contribution in [-0.2, 0) is 0 Å².